The summed E-state index contributed by atoms with van der Waals surface area (Å²) in [6, 6.07) is 6.41. The number of piperidine rings is 1. The fourth-order valence-corrected chi connectivity index (χ4v) is 2.45. The molecule has 1 aliphatic heterocycles. The Morgan fingerprint density at radius 3 is 2.78 bits per heavy atom. The molecule has 1 aromatic carbocycles. The van der Waals surface area contributed by atoms with Crippen LogP contribution in [0.2, 0.25) is 0 Å². The lowest BCUT2D eigenvalue weighted by Crippen LogP contribution is -2.46. The Morgan fingerprint density at radius 2 is 2.11 bits per heavy atom. The zero-order valence-corrected chi connectivity index (χ0v) is 11.5. The smallest absolute Gasteiger partial charge is 0.253 e. The molecule has 3 nitrogen and oxygen atoms in total. The van der Waals surface area contributed by atoms with Crippen LogP contribution in [0.25, 0.3) is 0 Å². The third kappa shape index (κ3) is 2.72. The lowest BCUT2D eigenvalue weighted by atomic mass is 10.0. The van der Waals surface area contributed by atoms with E-state index >= 15 is 0 Å². The molecule has 1 unspecified atom stereocenters. The standard InChI is InChI=1S/C15H22N2O/c1-11-6-7-13(9-12(11)2)15(18)17-8-4-5-14(10-17)16-3/h6-7,9,14,16H,4-5,8,10H2,1-3H3. The first-order valence-electron chi connectivity index (χ1n) is 6.65. The molecule has 0 bridgehead atoms. The lowest BCUT2D eigenvalue weighted by molar-refractivity contribution is 0.0698. The molecule has 0 aliphatic carbocycles. The highest BCUT2D eigenvalue weighted by atomic mass is 16.2. The van der Waals surface area contributed by atoms with Gasteiger partial charge in [0, 0.05) is 24.7 Å². The van der Waals surface area contributed by atoms with E-state index in [1.165, 1.54) is 11.1 Å². The van der Waals surface area contributed by atoms with E-state index in [2.05, 4.69) is 19.2 Å². The molecule has 98 valence electrons. The van der Waals surface area contributed by atoms with E-state index < -0.39 is 0 Å². The van der Waals surface area contributed by atoms with Crippen LogP contribution < -0.4 is 5.32 Å². The minimum absolute atomic E-state index is 0.165. The maximum absolute atomic E-state index is 12.4. The van der Waals surface area contributed by atoms with Crippen LogP contribution in [-0.4, -0.2) is 37.0 Å². The van der Waals surface area contributed by atoms with E-state index in [4.69, 9.17) is 0 Å². The lowest BCUT2D eigenvalue weighted by Gasteiger charge is -2.32. The Kier molecular flexibility index (Phi) is 4.02. The van der Waals surface area contributed by atoms with Crippen LogP contribution in [-0.2, 0) is 0 Å². The van der Waals surface area contributed by atoms with E-state index in [1.807, 2.05) is 30.1 Å². The number of nitrogens with one attached hydrogen (secondary N) is 1. The summed E-state index contributed by atoms with van der Waals surface area (Å²) >= 11 is 0. The van der Waals surface area contributed by atoms with Crippen molar-refractivity contribution < 1.29 is 4.79 Å². The maximum atomic E-state index is 12.4. The number of amides is 1. The number of carbonyl (C=O) groups excluding carboxylic acids is 1. The van der Waals surface area contributed by atoms with Crippen molar-refractivity contribution in [2.24, 2.45) is 0 Å². The zero-order chi connectivity index (χ0) is 13.1. The summed E-state index contributed by atoms with van der Waals surface area (Å²) in [4.78, 5) is 14.4. The minimum Gasteiger partial charge on any atom is -0.337 e. The Bertz CT molecular complexity index is 442. The zero-order valence-electron chi connectivity index (χ0n) is 11.5. The molecule has 18 heavy (non-hydrogen) atoms. The molecule has 1 amide bonds. The Morgan fingerprint density at radius 1 is 1.33 bits per heavy atom. The summed E-state index contributed by atoms with van der Waals surface area (Å²) in [6.07, 6.45) is 2.25. The number of nitrogens with zero attached hydrogens (tertiary/aromatic N) is 1. The van der Waals surface area contributed by atoms with Gasteiger partial charge in [0.15, 0.2) is 0 Å². The average molecular weight is 246 g/mol. The monoisotopic (exact) mass is 246 g/mol. The molecule has 1 atom stereocenters. The first-order valence-corrected chi connectivity index (χ1v) is 6.65. The van der Waals surface area contributed by atoms with Crippen LogP contribution in [0.1, 0.15) is 34.3 Å². The number of hydrogen-bond acceptors (Lipinski definition) is 2. The molecule has 3 heteroatoms. The van der Waals surface area contributed by atoms with Crippen molar-refractivity contribution in [2.45, 2.75) is 32.7 Å². The van der Waals surface area contributed by atoms with E-state index in [9.17, 15) is 4.79 Å². The van der Waals surface area contributed by atoms with Crippen molar-refractivity contribution >= 4 is 5.91 Å². The molecule has 2 rings (SSSR count). The van der Waals surface area contributed by atoms with Crippen LogP contribution in [0.15, 0.2) is 18.2 Å². The van der Waals surface area contributed by atoms with E-state index in [0.29, 0.717) is 6.04 Å². The molecule has 1 N–H and O–H groups in total. The molecule has 1 saturated heterocycles. The topological polar surface area (TPSA) is 32.3 Å². The molecule has 1 heterocycles. The molecule has 0 aromatic heterocycles. The quantitative estimate of drug-likeness (QED) is 0.867. The number of hydrogen-bond donors (Lipinski definition) is 1. The van der Waals surface area contributed by atoms with Gasteiger partial charge in [-0.1, -0.05) is 6.07 Å². The van der Waals surface area contributed by atoms with Crippen LogP contribution >= 0.6 is 0 Å². The summed E-state index contributed by atoms with van der Waals surface area (Å²) in [5.74, 6) is 0.165. The minimum atomic E-state index is 0.165. The predicted octanol–water partition coefficient (Wildman–Crippen LogP) is 2.13. The second-order valence-electron chi connectivity index (χ2n) is 5.18. The number of likely N-dealkylation sites (tertiary alicyclic amines) is 1. The van der Waals surface area contributed by atoms with E-state index in [-0.39, 0.29) is 5.91 Å². The van der Waals surface area contributed by atoms with Gasteiger partial charge in [0.25, 0.3) is 5.91 Å². The summed E-state index contributed by atoms with van der Waals surface area (Å²) in [5, 5.41) is 3.27. The third-order valence-corrected chi connectivity index (χ3v) is 3.87. The third-order valence-electron chi connectivity index (χ3n) is 3.87. The molecule has 1 fully saturated rings. The van der Waals surface area contributed by atoms with Gasteiger partial charge in [-0.15, -0.1) is 0 Å². The van der Waals surface area contributed by atoms with Gasteiger partial charge in [-0.3, -0.25) is 4.79 Å². The van der Waals surface area contributed by atoms with Crippen molar-refractivity contribution in [1.29, 1.82) is 0 Å². The van der Waals surface area contributed by atoms with Crippen molar-refractivity contribution in [3.05, 3.63) is 34.9 Å². The van der Waals surface area contributed by atoms with Gasteiger partial charge in [0.1, 0.15) is 0 Å². The van der Waals surface area contributed by atoms with Gasteiger partial charge in [-0.25, -0.2) is 0 Å². The molecule has 0 saturated carbocycles. The Labute approximate surface area is 109 Å². The fourth-order valence-electron chi connectivity index (χ4n) is 2.45. The maximum Gasteiger partial charge on any atom is 0.253 e. The number of carbonyl (C=O) groups is 1. The van der Waals surface area contributed by atoms with Crippen LogP contribution in [0, 0.1) is 13.8 Å². The second-order valence-corrected chi connectivity index (χ2v) is 5.18. The average Bonchev–Trinajstić information content (AvgIpc) is 2.41. The van der Waals surface area contributed by atoms with Gasteiger partial charge in [0.2, 0.25) is 0 Å². The number of aryl methyl sites for hydroxylation is 2. The predicted molar refractivity (Wildman–Crippen MR) is 73.9 cm³/mol. The normalized spacial score (nSPS) is 19.9. The van der Waals surface area contributed by atoms with Crippen LogP contribution in [0.3, 0.4) is 0 Å². The second kappa shape index (κ2) is 5.53. The molecule has 1 aliphatic rings. The number of benzene rings is 1. The van der Waals surface area contributed by atoms with Crippen molar-refractivity contribution in [2.75, 3.05) is 20.1 Å². The molecular formula is C15H22N2O. The molecule has 0 radical (unpaired) electrons. The summed E-state index contributed by atoms with van der Waals surface area (Å²) in [7, 11) is 1.97. The molecule has 0 spiro atoms. The fraction of sp³-hybridized carbons (Fsp3) is 0.533. The van der Waals surface area contributed by atoms with Crippen molar-refractivity contribution in [3.63, 3.8) is 0 Å². The first-order chi connectivity index (χ1) is 8.61. The number of rotatable bonds is 2. The summed E-state index contributed by atoms with van der Waals surface area (Å²) in [6.45, 7) is 5.83. The van der Waals surface area contributed by atoms with Crippen LogP contribution in [0.4, 0.5) is 0 Å². The highest BCUT2D eigenvalue weighted by molar-refractivity contribution is 5.94. The van der Waals surface area contributed by atoms with Gasteiger partial charge in [-0.05, 0) is 57.0 Å². The molecular weight excluding hydrogens is 224 g/mol. The Balaban J connectivity index is 2.12. The summed E-state index contributed by atoms with van der Waals surface area (Å²) in [5.41, 5.74) is 3.23. The largest absolute Gasteiger partial charge is 0.337 e. The number of likely N-dealkylation sites (N-methyl/N-ethyl adjacent to an activating group) is 1. The van der Waals surface area contributed by atoms with Crippen molar-refractivity contribution in [3.8, 4) is 0 Å². The highest BCUT2D eigenvalue weighted by Gasteiger charge is 2.23. The van der Waals surface area contributed by atoms with E-state index in [1.54, 1.807) is 0 Å². The first kappa shape index (κ1) is 13.1. The van der Waals surface area contributed by atoms with E-state index in [0.717, 1.165) is 31.5 Å². The molecule has 1 aromatic rings. The van der Waals surface area contributed by atoms with Gasteiger partial charge in [0.05, 0.1) is 0 Å². The van der Waals surface area contributed by atoms with Crippen molar-refractivity contribution in [1.82, 2.24) is 10.2 Å². The summed E-state index contributed by atoms with van der Waals surface area (Å²) < 4.78 is 0. The SMILES string of the molecule is CNC1CCCN(C(=O)c2ccc(C)c(C)c2)C1. The van der Waals surface area contributed by atoms with Gasteiger partial charge in [-0.2, -0.15) is 0 Å². The Hall–Kier alpha value is -1.35. The van der Waals surface area contributed by atoms with Crippen LogP contribution in [0.5, 0.6) is 0 Å². The van der Waals surface area contributed by atoms with Gasteiger partial charge < -0.3 is 10.2 Å². The highest BCUT2D eigenvalue weighted by Crippen LogP contribution is 2.16. The van der Waals surface area contributed by atoms with Gasteiger partial charge >= 0.3 is 0 Å².